The lowest BCUT2D eigenvalue weighted by molar-refractivity contribution is 0.398. The average molecular weight is 503 g/mol. The highest BCUT2D eigenvalue weighted by Crippen LogP contribution is 2.41. The van der Waals surface area contributed by atoms with Crippen molar-refractivity contribution in [3.05, 3.63) is 72.6 Å². The molecule has 2 N–H and O–H groups in total. The summed E-state index contributed by atoms with van der Waals surface area (Å²) in [6.07, 6.45) is 1.65. The highest BCUT2D eigenvalue weighted by atomic mass is 32.1. The minimum atomic E-state index is -0.845. The van der Waals surface area contributed by atoms with E-state index < -0.39 is 11.5 Å². The van der Waals surface area contributed by atoms with Crippen LogP contribution in [0.15, 0.2) is 46.8 Å². The first kappa shape index (κ1) is 24.5. The molecule has 0 radical (unpaired) electrons. The van der Waals surface area contributed by atoms with Gasteiger partial charge in [0.2, 0.25) is 0 Å². The molecular weight excluding hydrogens is 480 g/mol. The molecule has 3 aromatic rings. The van der Waals surface area contributed by atoms with Crippen LogP contribution in [0, 0.1) is 22.7 Å². The lowest BCUT2D eigenvalue weighted by Crippen LogP contribution is -2.38. The summed E-state index contributed by atoms with van der Waals surface area (Å²) in [5.41, 5.74) is 7.35. The number of nitrogens with two attached hydrogens (primary N) is 1. The summed E-state index contributed by atoms with van der Waals surface area (Å²) in [6.45, 7) is 0. The molecule has 0 spiro atoms. The number of nitrogens with zero attached hydrogens (tertiary/aromatic N) is 3. The predicted molar refractivity (Wildman–Crippen MR) is 135 cm³/mol. The van der Waals surface area contributed by atoms with E-state index in [2.05, 4.69) is 12.1 Å². The summed E-state index contributed by atoms with van der Waals surface area (Å²) in [5, 5.41) is 20.3. The molecule has 9 nitrogen and oxygen atoms in total. The molecule has 0 saturated heterocycles. The zero-order chi connectivity index (χ0) is 26.0. The van der Waals surface area contributed by atoms with Crippen LogP contribution in [-0.2, 0) is 0 Å². The average Bonchev–Trinajstić information content (AvgIpc) is 3.23. The molecule has 2 aromatic carbocycles. The quantitative estimate of drug-likeness (QED) is 0.540. The monoisotopic (exact) mass is 502 g/mol. The first-order chi connectivity index (χ1) is 17.4. The first-order valence-corrected chi connectivity index (χ1v) is 11.5. The maximum absolute atomic E-state index is 13.5. The molecule has 0 fully saturated rings. The fourth-order valence-electron chi connectivity index (χ4n) is 4.12. The van der Waals surface area contributed by atoms with Crippen LogP contribution in [0.25, 0.3) is 17.5 Å². The van der Waals surface area contributed by atoms with Gasteiger partial charge in [0.05, 0.1) is 62.2 Å². The molecule has 36 heavy (non-hydrogen) atoms. The number of ether oxygens (including phenoxy) is 4. The van der Waals surface area contributed by atoms with E-state index in [9.17, 15) is 15.3 Å². The molecule has 1 unspecified atom stereocenters. The van der Waals surface area contributed by atoms with Gasteiger partial charge in [0.25, 0.3) is 5.56 Å². The van der Waals surface area contributed by atoms with Gasteiger partial charge in [-0.1, -0.05) is 0 Å². The molecule has 2 heterocycles. The van der Waals surface area contributed by atoms with Crippen LogP contribution in [0.1, 0.15) is 17.0 Å². The van der Waals surface area contributed by atoms with Gasteiger partial charge >= 0.3 is 0 Å². The maximum atomic E-state index is 13.5. The smallest absolute Gasteiger partial charge is 0.274 e. The van der Waals surface area contributed by atoms with Crippen LogP contribution in [0.5, 0.6) is 23.0 Å². The van der Waals surface area contributed by atoms with Gasteiger partial charge in [-0.25, -0.2) is 0 Å². The van der Waals surface area contributed by atoms with Crippen molar-refractivity contribution in [1.82, 2.24) is 4.57 Å². The first-order valence-electron chi connectivity index (χ1n) is 10.6. The summed E-state index contributed by atoms with van der Waals surface area (Å²) < 4.78 is 23.4. The minimum absolute atomic E-state index is 0.0418. The van der Waals surface area contributed by atoms with Crippen molar-refractivity contribution in [2.75, 3.05) is 28.4 Å². The van der Waals surface area contributed by atoms with Crippen molar-refractivity contribution < 1.29 is 18.9 Å². The van der Waals surface area contributed by atoms with Crippen molar-refractivity contribution in [3.8, 4) is 35.1 Å². The number of methoxy groups -OCH3 is 4. The van der Waals surface area contributed by atoms with E-state index in [1.165, 1.54) is 25.9 Å². The van der Waals surface area contributed by atoms with Crippen molar-refractivity contribution in [2.45, 2.75) is 5.92 Å². The van der Waals surface area contributed by atoms with Gasteiger partial charge in [0.15, 0.2) is 0 Å². The molecule has 0 aliphatic carbocycles. The Kier molecular flexibility index (Phi) is 6.73. The van der Waals surface area contributed by atoms with Crippen LogP contribution in [0.2, 0.25) is 0 Å². The van der Waals surface area contributed by atoms with Crippen molar-refractivity contribution in [3.63, 3.8) is 0 Å². The van der Waals surface area contributed by atoms with Gasteiger partial charge in [-0.15, -0.1) is 11.3 Å². The van der Waals surface area contributed by atoms with E-state index in [-0.39, 0.29) is 17.0 Å². The zero-order valence-corrected chi connectivity index (χ0v) is 20.8. The fraction of sp³-hybridized carbons (Fsp3) is 0.192. The van der Waals surface area contributed by atoms with Crippen LogP contribution in [0.3, 0.4) is 0 Å². The lowest BCUT2D eigenvalue weighted by Gasteiger charge is -2.24. The summed E-state index contributed by atoms with van der Waals surface area (Å²) in [4.78, 5) is 13.5. The summed E-state index contributed by atoms with van der Waals surface area (Å²) in [7, 11) is 6.08. The molecular formula is C26H22N4O5S. The molecule has 10 heteroatoms. The Bertz CT molecular complexity index is 1650. The fourth-order valence-corrected chi connectivity index (χ4v) is 5.24. The normalized spacial score (nSPS) is 15.1. The van der Waals surface area contributed by atoms with E-state index in [0.29, 0.717) is 43.3 Å². The SMILES string of the molecule is COc1ccc(OC)c(C=c2sc3n(c2=O)C(N)=C(C#N)C(c2cc(OC)ccc2OC)C=3C#N)c1. The van der Waals surface area contributed by atoms with Crippen LogP contribution in [0.4, 0.5) is 0 Å². The van der Waals surface area contributed by atoms with E-state index in [4.69, 9.17) is 24.7 Å². The van der Waals surface area contributed by atoms with Gasteiger partial charge < -0.3 is 24.7 Å². The molecule has 0 saturated carbocycles. The van der Waals surface area contributed by atoms with Crippen LogP contribution >= 0.6 is 11.3 Å². The highest BCUT2D eigenvalue weighted by molar-refractivity contribution is 7.07. The number of hydrogen-bond acceptors (Lipinski definition) is 9. The van der Waals surface area contributed by atoms with Gasteiger partial charge in [0, 0.05) is 11.1 Å². The molecule has 1 aliphatic heterocycles. The predicted octanol–water partition coefficient (Wildman–Crippen LogP) is 1.90. The zero-order valence-electron chi connectivity index (χ0n) is 20.0. The minimum Gasteiger partial charge on any atom is -0.497 e. The molecule has 1 aliphatic rings. The lowest BCUT2D eigenvalue weighted by atomic mass is 9.84. The van der Waals surface area contributed by atoms with E-state index in [1.54, 1.807) is 49.6 Å². The second-order valence-electron chi connectivity index (χ2n) is 7.64. The Morgan fingerprint density at radius 2 is 1.53 bits per heavy atom. The van der Waals surface area contributed by atoms with Crippen LogP contribution < -0.4 is 39.4 Å². The third kappa shape index (κ3) is 3.94. The summed E-state index contributed by atoms with van der Waals surface area (Å²) >= 11 is 1.10. The number of hydrogen-bond donors (Lipinski definition) is 1. The second-order valence-corrected chi connectivity index (χ2v) is 8.67. The topological polar surface area (TPSA) is 133 Å². The standard InChI is InChI=1S/C26H22N4O5S/c1-32-15-5-7-20(34-3)14(9-15)10-22-25(31)30-24(29)18(12-27)23(19(13-28)26(30)36-22)17-11-16(33-2)6-8-21(17)35-4/h5-11,23H,29H2,1-4H3. The van der Waals surface area contributed by atoms with Gasteiger partial charge in [0.1, 0.15) is 33.5 Å². The second kappa shape index (κ2) is 9.90. The Morgan fingerprint density at radius 1 is 0.917 bits per heavy atom. The largest absolute Gasteiger partial charge is 0.497 e. The summed E-state index contributed by atoms with van der Waals surface area (Å²) in [5.74, 6) is 1.21. The Hall–Kier alpha value is -4.67. The van der Waals surface area contributed by atoms with Crippen molar-refractivity contribution in [2.24, 2.45) is 5.73 Å². The number of fused-ring (bicyclic) bond motifs is 1. The van der Waals surface area contributed by atoms with Crippen molar-refractivity contribution >= 4 is 28.8 Å². The molecule has 0 bridgehead atoms. The number of aromatic nitrogens is 1. The number of benzene rings is 2. The maximum Gasteiger partial charge on any atom is 0.274 e. The molecule has 4 rings (SSSR count). The molecule has 1 aromatic heterocycles. The van der Waals surface area contributed by atoms with E-state index in [1.807, 2.05) is 0 Å². The Labute approximate surface area is 210 Å². The van der Waals surface area contributed by atoms with E-state index in [0.717, 1.165) is 11.3 Å². The van der Waals surface area contributed by atoms with Crippen molar-refractivity contribution in [1.29, 1.82) is 10.5 Å². The number of allylic oxidation sites excluding steroid dienone is 1. The molecule has 182 valence electrons. The third-order valence-corrected chi connectivity index (χ3v) is 6.97. The summed E-state index contributed by atoms with van der Waals surface area (Å²) in [6, 6.07) is 14.6. The number of thiazole rings is 1. The number of nitriles is 2. The highest BCUT2D eigenvalue weighted by Gasteiger charge is 2.34. The van der Waals surface area contributed by atoms with Gasteiger partial charge in [-0.3, -0.25) is 9.36 Å². The molecule has 1 atom stereocenters. The third-order valence-electron chi connectivity index (χ3n) is 5.86. The Balaban J connectivity index is 2.08. The Morgan fingerprint density at radius 3 is 2.11 bits per heavy atom. The van der Waals surface area contributed by atoms with Crippen LogP contribution in [-0.4, -0.2) is 33.0 Å². The molecule has 0 amide bonds. The van der Waals surface area contributed by atoms with Gasteiger partial charge in [-0.05, 0) is 42.5 Å². The van der Waals surface area contributed by atoms with E-state index >= 15 is 0 Å². The van der Waals surface area contributed by atoms with Gasteiger partial charge in [-0.2, -0.15) is 10.5 Å². The number of rotatable bonds is 6.